The lowest BCUT2D eigenvalue weighted by Crippen LogP contribution is -2.47. The Morgan fingerprint density at radius 1 is 1.19 bits per heavy atom. The largest absolute Gasteiger partial charge is 0.443 e. The van der Waals surface area contributed by atoms with Gasteiger partial charge in [0.05, 0.1) is 5.69 Å². The number of amides is 1. The second kappa shape index (κ2) is 9.69. The molecule has 31 heavy (non-hydrogen) atoms. The van der Waals surface area contributed by atoms with Gasteiger partial charge in [-0.05, 0) is 24.3 Å². The Labute approximate surface area is 180 Å². The van der Waals surface area contributed by atoms with Crippen LogP contribution >= 0.6 is 0 Å². The number of benzene rings is 1. The van der Waals surface area contributed by atoms with Gasteiger partial charge in [0, 0.05) is 59.9 Å². The summed E-state index contributed by atoms with van der Waals surface area (Å²) >= 11 is 0. The Bertz CT molecular complexity index is 1020. The lowest BCUT2D eigenvalue weighted by atomic mass is 10.2. The number of carbonyl (C=O) groups is 1. The third-order valence-electron chi connectivity index (χ3n) is 4.69. The number of nitrogens with zero attached hydrogens (tertiary/aromatic N) is 4. The molecule has 166 valence electrons. The first-order chi connectivity index (χ1) is 14.8. The van der Waals surface area contributed by atoms with Crippen LogP contribution in [0, 0.1) is 11.6 Å². The Balaban J connectivity index is 1.66. The smallest absolute Gasteiger partial charge is 0.437 e. The van der Waals surface area contributed by atoms with Crippen molar-refractivity contribution in [3.63, 3.8) is 0 Å². The van der Waals surface area contributed by atoms with Crippen LogP contribution in [0.4, 0.5) is 25.1 Å². The second-order valence-electron chi connectivity index (χ2n) is 6.74. The fourth-order valence-corrected chi connectivity index (χ4v) is 3.69. The van der Waals surface area contributed by atoms with Crippen LogP contribution in [0.1, 0.15) is 5.56 Å². The molecule has 1 unspecified atom stereocenters. The summed E-state index contributed by atoms with van der Waals surface area (Å²) in [6.45, 7) is 1.34. The SMILES string of the molecule is CS(=O)c1ccc(N2CCN(c3nccc(COC(=O)N=C(N)N)c3F)CC2)c(F)c1. The van der Waals surface area contributed by atoms with Crippen molar-refractivity contribution in [2.24, 2.45) is 16.5 Å². The predicted octanol–water partition coefficient (Wildman–Crippen LogP) is 1.33. The van der Waals surface area contributed by atoms with Gasteiger partial charge < -0.3 is 26.0 Å². The maximum atomic E-state index is 14.9. The number of halogens is 2. The summed E-state index contributed by atoms with van der Waals surface area (Å²) in [7, 11) is -1.26. The molecule has 1 aromatic carbocycles. The van der Waals surface area contributed by atoms with Gasteiger partial charge in [-0.15, -0.1) is 4.99 Å². The van der Waals surface area contributed by atoms with E-state index in [0.29, 0.717) is 36.8 Å². The molecule has 0 bridgehead atoms. The summed E-state index contributed by atoms with van der Waals surface area (Å²) in [5.41, 5.74) is 10.7. The molecule has 1 fully saturated rings. The lowest BCUT2D eigenvalue weighted by Gasteiger charge is -2.37. The highest BCUT2D eigenvalue weighted by molar-refractivity contribution is 7.84. The minimum atomic E-state index is -1.26. The quantitative estimate of drug-likeness (QED) is 0.514. The number of aromatic nitrogens is 1. The molecule has 2 heterocycles. The maximum absolute atomic E-state index is 14.9. The van der Waals surface area contributed by atoms with Crippen molar-refractivity contribution in [3.8, 4) is 0 Å². The van der Waals surface area contributed by atoms with Crippen molar-refractivity contribution < 1.29 is 22.5 Å². The fourth-order valence-electron chi connectivity index (χ4n) is 3.16. The summed E-state index contributed by atoms with van der Waals surface area (Å²) in [6, 6.07) is 5.90. The number of hydrogen-bond donors (Lipinski definition) is 2. The molecule has 0 aliphatic carbocycles. The number of carbonyl (C=O) groups excluding carboxylic acids is 1. The van der Waals surface area contributed by atoms with Crippen molar-refractivity contribution in [3.05, 3.63) is 47.7 Å². The molecule has 2 aromatic rings. The molecular formula is C19H22F2N6O3S. The van der Waals surface area contributed by atoms with Crippen LogP contribution in [0.3, 0.4) is 0 Å². The van der Waals surface area contributed by atoms with Crippen LogP contribution in [0.5, 0.6) is 0 Å². The molecule has 1 aliphatic heterocycles. The number of ether oxygens (including phenoxy) is 1. The highest BCUT2D eigenvalue weighted by Crippen LogP contribution is 2.26. The summed E-state index contributed by atoms with van der Waals surface area (Å²) in [5, 5.41) is 0. The number of guanidine groups is 1. The first kappa shape index (κ1) is 22.4. The predicted molar refractivity (Wildman–Crippen MR) is 113 cm³/mol. The highest BCUT2D eigenvalue weighted by atomic mass is 32.2. The molecule has 1 saturated heterocycles. The Morgan fingerprint density at radius 3 is 2.48 bits per heavy atom. The van der Waals surface area contributed by atoms with Gasteiger partial charge in [0.25, 0.3) is 0 Å². The molecule has 9 nitrogen and oxygen atoms in total. The van der Waals surface area contributed by atoms with Gasteiger partial charge in [-0.25, -0.2) is 18.6 Å². The molecule has 1 atom stereocenters. The van der Waals surface area contributed by atoms with E-state index in [2.05, 4.69) is 9.98 Å². The van der Waals surface area contributed by atoms with Crippen molar-refractivity contribution >= 4 is 34.4 Å². The Hall–Kier alpha value is -3.28. The minimum Gasteiger partial charge on any atom is -0.443 e. The van der Waals surface area contributed by atoms with E-state index in [0.717, 1.165) is 0 Å². The average Bonchev–Trinajstić information content (AvgIpc) is 2.72. The molecule has 4 N–H and O–H groups in total. The van der Waals surface area contributed by atoms with Crippen molar-refractivity contribution in [2.45, 2.75) is 11.5 Å². The van der Waals surface area contributed by atoms with E-state index in [-0.39, 0.29) is 18.0 Å². The topological polar surface area (TPSA) is 127 Å². The Kier molecular flexibility index (Phi) is 7.00. The van der Waals surface area contributed by atoms with Gasteiger partial charge >= 0.3 is 6.09 Å². The van der Waals surface area contributed by atoms with Gasteiger partial charge in [0.1, 0.15) is 12.4 Å². The van der Waals surface area contributed by atoms with E-state index in [4.69, 9.17) is 16.2 Å². The Morgan fingerprint density at radius 2 is 1.87 bits per heavy atom. The third kappa shape index (κ3) is 5.45. The highest BCUT2D eigenvalue weighted by Gasteiger charge is 2.24. The third-order valence-corrected chi connectivity index (χ3v) is 5.61. The van der Waals surface area contributed by atoms with Crippen LogP contribution in [0.15, 0.2) is 40.4 Å². The number of rotatable bonds is 5. The van der Waals surface area contributed by atoms with Crippen molar-refractivity contribution in [2.75, 3.05) is 42.2 Å². The summed E-state index contributed by atoms with van der Waals surface area (Å²) in [6.07, 6.45) is 1.88. The molecule has 12 heteroatoms. The van der Waals surface area contributed by atoms with Crippen LogP contribution in [-0.4, -0.2) is 53.7 Å². The molecule has 1 amide bonds. The standard InChI is InChI=1S/C19H22F2N6O3S/c1-31(29)13-2-3-15(14(20)10-13)26-6-8-27(9-7-26)17-16(21)12(4-5-24-17)11-30-19(28)25-18(22)23/h2-5,10H,6-9,11H2,1H3,(H4,22,23,25,28). The molecule has 1 aromatic heterocycles. The zero-order valence-electron chi connectivity index (χ0n) is 16.8. The van der Waals surface area contributed by atoms with Crippen LogP contribution in [0.2, 0.25) is 0 Å². The average molecular weight is 452 g/mol. The summed E-state index contributed by atoms with van der Waals surface area (Å²) < 4.78 is 45.7. The zero-order valence-corrected chi connectivity index (χ0v) is 17.6. The van der Waals surface area contributed by atoms with Gasteiger partial charge in [-0.3, -0.25) is 4.21 Å². The summed E-state index contributed by atoms with van der Waals surface area (Å²) in [4.78, 5) is 22.7. The monoisotopic (exact) mass is 452 g/mol. The van der Waals surface area contributed by atoms with Gasteiger partial charge in [0.15, 0.2) is 17.6 Å². The first-order valence-corrected chi connectivity index (χ1v) is 10.8. The normalized spacial score (nSPS) is 14.8. The number of aliphatic imine (C=N–C) groups is 1. The van der Waals surface area contributed by atoms with Gasteiger partial charge in [-0.2, -0.15) is 0 Å². The van der Waals surface area contributed by atoms with E-state index in [9.17, 15) is 17.8 Å². The molecule has 0 spiro atoms. The van der Waals surface area contributed by atoms with E-state index in [1.165, 1.54) is 24.6 Å². The fraction of sp³-hybridized carbons (Fsp3) is 0.316. The molecular weight excluding hydrogens is 430 g/mol. The lowest BCUT2D eigenvalue weighted by molar-refractivity contribution is 0.149. The van der Waals surface area contributed by atoms with Crippen LogP contribution in [-0.2, 0) is 22.1 Å². The number of piperazine rings is 1. The zero-order chi connectivity index (χ0) is 22.5. The van der Waals surface area contributed by atoms with Crippen LogP contribution in [0.25, 0.3) is 0 Å². The van der Waals surface area contributed by atoms with Crippen molar-refractivity contribution in [1.29, 1.82) is 0 Å². The first-order valence-electron chi connectivity index (χ1n) is 9.29. The second-order valence-corrected chi connectivity index (χ2v) is 8.12. The number of pyridine rings is 1. The molecule has 1 aliphatic rings. The molecule has 0 radical (unpaired) electrons. The summed E-state index contributed by atoms with van der Waals surface area (Å²) in [5.74, 6) is -1.40. The molecule has 0 saturated carbocycles. The number of anilines is 2. The number of hydrogen-bond acceptors (Lipinski definition) is 6. The van der Waals surface area contributed by atoms with E-state index in [1.54, 1.807) is 17.0 Å². The number of nitrogens with two attached hydrogens (primary N) is 2. The van der Waals surface area contributed by atoms with E-state index in [1.807, 2.05) is 4.90 Å². The van der Waals surface area contributed by atoms with Crippen molar-refractivity contribution in [1.82, 2.24) is 4.98 Å². The minimum absolute atomic E-state index is 0.118. The van der Waals surface area contributed by atoms with Gasteiger partial charge in [-0.1, -0.05) is 0 Å². The van der Waals surface area contributed by atoms with E-state index >= 15 is 0 Å². The maximum Gasteiger partial charge on any atom is 0.437 e. The van der Waals surface area contributed by atoms with Gasteiger partial charge in [0.2, 0.25) is 0 Å². The van der Waals surface area contributed by atoms with Crippen LogP contribution < -0.4 is 21.3 Å². The van der Waals surface area contributed by atoms with E-state index < -0.39 is 34.5 Å². The molecule has 3 rings (SSSR count).